The highest BCUT2D eigenvalue weighted by Crippen LogP contribution is 2.44. The Labute approximate surface area is 230 Å². The Morgan fingerprint density at radius 2 is 1.87 bits per heavy atom. The summed E-state index contributed by atoms with van der Waals surface area (Å²) < 4.78 is 17.8. The summed E-state index contributed by atoms with van der Waals surface area (Å²) in [6, 6.07) is 5.60. The third-order valence-electron chi connectivity index (χ3n) is 7.23. The number of pyridine rings is 1. The number of ether oxygens (including phenoxy) is 3. The number of aromatic nitrogens is 1. The molecule has 2 aliphatic rings. The molecule has 39 heavy (non-hydrogen) atoms. The predicted octanol–water partition coefficient (Wildman–Crippen LogP) is 5.15. The summed E-state index contributed by atoms with van der Waals surface area (Å²) in [5.41, 5.74) is 3.10. The van der Waals surface area contributed by atoms with E-state index in [1.54, 1.807) is 11.0 Å². The molecule has 2 unspecified atom stereocenters. The fourth-order valence-electron chi connectivity index (χ4n) is 5.22. The van der Waals surface area contributed by atoms with Crippen LogP contribution in [0.2, 0.25) is 0 Å². The topological polar surface area (TPSA) is 110 Å². The highest BCUT2D eigenvalue weighted by Gasteiger charge is 2.39. The number of rotatable bonds is 8. The first-order valence-electron chi connectivity index (χ1n) is 13.8. The van der Waals surface area contributed by atoms with Crippen molar-refractivity contribution in [2.24, 2.45) is 0 Å². The maximum atomic E-state index is 13.4. The van der Waals surface area contributed by atoms with Gasteiger partial charge in [-0.05, 0) is 89.6 Å². The lowest BCUT2D eigenvalue weighted by molar-refractivity contribution is -0.0699. The minimum atomic E-state index is -0.856. The van der Waals surface area contributed by atoms with Crippen molar-refractivity contribution in [3.8, 4) is 11.5 Å². The van der Waals surface area contributed by atoms with Gasteiger partial charge in [-0.1, -0.05) is 6.92 Å². The molecule has 0 radical (unpaired) electrons. The van der Waals surface area contributed by atoms with E-state index < -0.39 is 17.5 Å². The molecule has 2 atom stereocenters. The molecule has 0 fully saturated rings. The van der Waals surface area contributed by atoms with Crippen LogP contribution in [-0.2, 0) is 17.7 Å². The zero-order chi connectivity index (χ0) is 28.5. The van der Waals surface area contributed by atoms with Crippen LogP contribution in [0, 0.1) is 13.8 Å². The van der Waals surface area contributed by atoms with Gasteiger partial charge in [-0.3, -0.25) is 9.59 Å². The van der Waals surface area contributed by atoms with Crippen molar-refractivity contribution in [2.45, 2.75) is 105 Å². The number of alkyl carbamates (subject to hydrolysis) is 1. The maximum Gasteiger partial charge on any atom is 0.407 e. The lowest BCUT2D eigenvalue weighted by Crippen LogP contribution is -2.39. The number of carbonyl (C=O) groups is 2. The number of nitrogens with zero attached hydrogens (tertiary/aromatic N) is 1. The normalized spacial score (nSPS) is 19.1. The molecular formula is C30H41N3O6. The second kappa shape index (κ2) is 10.9. The van der Waals surface area contributed by atoms with Crippen molar-refractivity contribution in [3.05, 3.63) is 56.5 Å². The Morgan fingerprint density at radius 3 is 2.51 bits per heavy atom. The van der Waals surface area contributed by atoms with Gasteiger partial charge in [0, 0.05) is 42.8 Å². The van der Waals surface area contributed by atoms with E-state index in [-0.39, 0.29) is 24.1 Å². The zero-order valence-electron chi connectivity index (χ0n) is 24.2. The van der Waals surface area contributed by atoms with Crippen LogP contribution in [-0.4, -0.2) is 45.9 Å². The molecule has 0 aliphatic carbocycles. The first kappa shape index (κ1) is 28.5. The summed E-state index contributed by atoms with van der Waals surface area (Å²) in [5.74, 6) is 0.220. The number of aromatic amines is 1. The Bertz CT molecular complexity index is 1310. The molecule has 212 valence electrons. The predicted molar refractivity (Wildman–Crippen MR) is 148 cm³/mol. The minimum Gasteiger partial charge on any atom is -0.449 e. The molecule has 1 aromatic carbocycles. The van der Waals surface area contributed by atoms with Gasteiger partial charge in [-0.25, -0.2) is 4.79 Å². The molecule has 9 nitrogen and oxygen atoms in total. The van der Waals surface area contributed by atoms with Crippen LogP contribution >= 0.6 is 0 Å². The van der Waals surface area contributed by atoms with Gasteiger partial charge in [0.05, 0.1) is 6.54 Å². The Hall–Kier alpha value is -3.49. The highest BCUT2D eigenvalue weighted by atomic mass is 16.7. The van der Waals surface area contributed by atoms with E-state index in [9.17, 15) is 14.4 Å². The Morgan fingerprint density at radius 1 is 1.18 bits per heavy atom. The number of benzene rings is 1. The average molecular weight is 540 g/mol. The lowest BCUT2D eigenvalue weighted by atomic mass is 9.97. The van der Waals surface area contributed by atoms with E-state index in [2.05, 4.69) is 10.3 Å². The van der Waals surface area contributed by atoms with Crippen molar-refractivity contribution in [1.82, 2.24) is 15.2 Å². The van der Waals surface area contributed by atoms with E-state index >= 15 is 0 Å². The van der Waals surface area contributed by atoms with Crippen molar-refractivity contribution in [2.75, 3.05) is 6.54 Å². The number of aryl methyl sites for hydroxylation is 2. The molecule has 3 heterocycles. The first-order valence-corrected chi connectivity index (χ1v) is 13.8. The molecule has 2 aromatic rings. The molecule has 0 saturated heterocycles. The largest absolute Gasteiger partial charge is 0.449 e. The van der Waals surface area contributed by atoms with Gasteiger partial charge < -0.3 is 29.4 Å². The number of hydrogen-bond donors (Lipinski definition) is 2. The van der Waals surface area contributed by atoms with Crippen molar-refractivity contribution < 1.29 is 23.8 Å². The van der Waals surface area contributed by atoms with Gasteiger partial charge in [0.1, 0.15) is 5.60 Å². The molecule has 2 amide bonds. The van der Waals surface area contributed by atoms with Crippen molar-refractivity contribution >= 4 is 12.0 Å². The van der Waals surface area contributed by atoms with Gasteiger partial charge in [0.15, 0.2) is 11.5 Å². The van der Waals surface area contributed by atoms with Crippen LogP contribution in [0.5, 0.6) is 11.5 Å². The third-order valence-corrected chi connectivity index (χ3v) is 7.23. The van der Waals surface area contributed by atoms with Crippen LogP contribution < -0.4 is 20.3 Å². The summed E-state index contributed by atoms with van der Waals surface area (Å²) in [6.07, 6.45) is 3.20. The number of amides is 2. The van der Waals surface area contributed by atoms with E-state index in [1.807, 2.05) is 60.6 Å². The van der Waals surface area contributed by atoms with Crippen LogP contribution in [0.3, 0.4) is 0 Å². The number of carbonyl (C=O) groups excluding carboxylic acids is 2. The molecule has 0 saturated carbocycles. The van der Waals surface area contributed by atoms with Gasteiger partial charge in [0.25, 0.3) is 11.5 Å². The zero-order valence-corrected chi connectivity index (χ0v) is 24.2. The first-order chi connectivity index (χ1) is 18.3. The Balaban J connectivity index is 1.38. The Kier molecular flexibility index (Phi) is 8.00. The summed E-state index contributed by atoms with van der Waals surface area (Å²) in [5, 5.41) is 2.94. The van der Waals surface area contributed by atoms with Crippen LogP contribution in [0.1, 0.15) is 93.0 Å². The lowest BCUT2D eigenvalue weighted by Gasteiger charge is -2.29. The van der Waals surface area contributed by atoms with Crippen molar-refractivity contribution in [3.63, 3.8) is 0 Å². The van der Waals surface area contributed by atoms with Gasteiger partial charge in [-0.2, -0.15) is 0 Å². The number of fused-ring (bicyclic) bond motifs is 2. The van der Waals surface area contributed by atoms with Gasteiger partial charge >= 0.3 is 6.09 Å². The molecule has 4 rings (SSSR count). The second-order valence-electron chi connectivity index (χ2n) is 11.9. The average Bonchev–Trinajstić information content (AvgIpc) is 3.14. The van der Waals surface area contributed by atoms with E-state index in [0.29, 0.717) is 42.0 Å². The molecular weight excluding hydrogens is 498 g/mol. The monoisotopic (exact) mass is 539 g/mol. The minimum absolute atomic E-state index is 0.00690. The van der Waals surface area contributed by atoms with Crippen LogP contribution in [0.4, 0.5) is 4.79 Å². The van der Waals surface area contributed by atoms with E-state index in [4.69, 9.17) is 14.2 Å². The molecule has 1 aromatic heterocycles. The molecule has 0 spiro atoms. The van der Waals surface area contributed by atoms with Crippen LogP contribution in [0.15, 0.2) is 23.0 Å². The SMILES string of the molecule is CCC(CCCC1(C)Oc2cc3c(cc2O1)C(=O)N(Cc1c(C)cc(C)[nH]c1=O)CC3)NC(=O)OC(C)(C)C. The fourth-order valence-corrected chi connectivity index (χ4v) is 5.22. The highest BCUT2D eigenvalue weighted by molar-refractivity contribution is 5.97. The smallest absolute Gasteiger partial charge is 0.407 e. The van der Waals surface area contributed by atoms with E-state index in [0.717, 1.165) is 36.1 Å². The van der Waals surface area contributed by atoms with Crippen molar-refractivity contribution in [1.29, 1.82) is 0 Å². The summed E-state index contributed by atoms with van der Waals surface area (Å²) >= 11 is 0. The molecule has 2 N–H and O–H groups in total. The fraction of sp³-hybridized carbons (Fsp3) is 0.567. The number of nitrogens with one attached hydrogen (secondary N) is 2. The second-order valence-corrected chi connectivity index (χ2v) is 11.9. The third kappa shape index (κ3) is 6.75. The van der Waals surface area contributed by atoms with Gasteiger partial charge in [0.2, 0.25) is 5.79 Å². The number of H-pyrrole nitrogens is 1. The van der Waals surface area contributed by atoms with Gasteiger partial charge in [-0.15, -0.1) is 0 Å². The van der Waals surface area contributed by atoms with Crippen LogP contribution in [0.25, 0.3) is 0 Å². The summed E-state index contributed by atoms with van der Waals surface area (Å²) in [4.78, 5) is 42.6. The molecule has 9 heteroatoms. The maximum absolute atomic E-state index is 13.4. The number of hydrogen-bond acceptors (Lipinski definition) is 6. The molecule has 0 bridgehead atoms. The summed E-state index contributed by atoms with van der Waals surface area (Å²) in [7, 11) is 0. The molecule has 2 aliphatic heterocycles. The summed E-state index contributed by atoms with van der Waals surface area (Å²) in [6.45, 7) is 14.0. The van der Waals surface area contributed by atoms with E-state index in [1.165, 1.54) is 0 Å². The quantitative estimate of drug-likeness (QED) is 0.480. The standard InChI is InChI=1S/C30H41N3O6/c1-8-21(32-28(36)39-29(4,5)6)10-9-12-30(7)37-24-15-20-11-13-33(27(35)22(20)16-25(24)38-30)17-23-18(2)14-19(3)31-26(23)34/h14-16,21H,8-13,17H2,1-7H3,(H,31,34)(H,32,36).